The van der Waals surface area contributed by atoms with Crippen LogP contribution in [0.1, 0.15) is 0 Å². The van der Waals surface area contributed by atoms with Gasteiger partial charge in [0.2, 0.25) is 21.8 Å². The molecule has 0 aliphatic rings. The van der Waals surface area contributed by atoms with E-state index in [1.807, 2.05) is 0 Å². The second kappa shape index (κ2) is 6.35. The second-order valence-corrected chi connectivity index (χ2v) is 6.35. The smallest absolute Gasteiger partial charge is 0.245 e. The molecule has 2 amide bonds. The number of sulfonamides is 1. The zero-order chi connectivity index (χ0) is 15.5. The van der Waals surface area contributed by atoms with Gasteiger partial charge in [-0.15, -0.1) is 0 Å². The van der Waals surface area contributed by atoms with Crippen molar-refractivity contribution < 1.29 is 18.0 Å². The molecule has 8 nitrogen and oxygen atoms in total. The molecule has 0 aliphatic heterocycles. The molecule has 11 heteroatoms. The quantitative estimate of drug-likeness (QED) is 0.663. The van der Waals surface area contributed by atoms with E-state index in [2.05, 4.69) is 4.98 Å². The molecule has 0 bridgehead atoms. The molecule has 0 unspecified atom stereocenters. The third kappa shape index (κ3) is 4.04. The number of hydrogen-bond acceptors (Lipinski definition) is 5. The van der Waals surface area contributed by atoms with Crippen molar-refractivity contribution in [2.24, 2.45) is 11.5 Å². The van der Waals surface area contributed by atoms with Crippen LogP contribution >= 0.6 is 23.2 Å². The predicted molar refractivity (Wildman–Crippen MR) is 71.4 cm³/mol. The second-order valence-electron chi connectivity index (χ2n) is 3.65. The van der Waals surface area contributed by atoms with Crippen molar-refractivity contribution in [2.75, 3.05) is 13.1 Å². The van der Waals surface area contributed by atoms with E-state index in [1.165, 1.54) is 0 Å². The summed E-state index contributed by atoms with van der Waals surface area (Å²) in [6.45, 7) is -1.41. The van der Waals surface area contributed by atoms with Crippen LogP contribution in [0.15, 0.2) is 17.2 Å². The summed E-state index contributed by atoms with van der Waals surface area (Å²) in [6, 6.07) is 1.04. The molecule has 110 valence electrons. The first-order chi connectivity index (χ1) is 9.14. The summed E-state index contributed by atoms with van der Waals surface area (Å²) < 4.78 is 25.0. The fraction of sp³-hybridized carbons (Fsp3) is 0.222. The van der Waals surface area contributed by atoms with Crippen LogP contribution in [0.4, 0.5) is 0 Å². The molecule has 0 saturated heterocycles. The van der Waals surface area contributed by atoms with Crippen molar-refractivity contribution in [1.82, 2.24) is 9.29 Å². The first-order valence-electron chi connectivity index (χ1n) is 5.02. The summed E-state index contributed by atoms with van der Waals surface area (Å²) in [6.07, 6.45) is 0.943. The van der Waals surface area contributed by atoms with Gasteiger partial charge in [-0.25, -0.2) is 13.4 Å². The average Bonchev–Trinajstić information content (AvgIpc) is 2.30. The Balaban J connectivity index is 3.24. The van der Waals surface area contributed by atoms with Gasteiger partial charge in [-0.3, -0.25) is 9.59 Å². The predicted octanol–water partition coefficient (Wildman–Crippen LogP) is -0.650. The Labute approximate surface area is 124 Å². The van der Waals surface area contributed by atoms with E-state index < -0.39 is 34.9 Å². The van der Waals surface area contributed by atoms with Crippen LogP contribution in [-0.2, 0) is 19.6 Å². The monoisotopic (exact) mass is 340 g/mol. The van der Waals surface area contributed by atoms with Gasteiger partial charge in [0, 0.05) is 6.20 Å². The standard InChI is InChI=1S/C9H10Cl2N4O4S/c10-6-1-5(2-14-9(6)11)20(18,19)15(3-7(12)16)4-8(13)17/h1-2H,3-4H2,(H2,12,16)(H2,13,17). The number of hydrogen-bond donors (Lipinski definition) is 2. The molecular formula is C9H10Cl2N4O4S. The molecule has 0 fully saturated rings. The van der Waals surface area contributed by atoms with Crippen molar-refractivity contribution in [3.8, 4) is 0 Å². The van der Waals surface area contributed by atoms with Crippen LogP contribution in [0.5, 0.6) is 0 Å². The molecule has 0 aromatic carbocycles. The zero-order valence-electron chi connectivity index (χ0n) is 9.92. The summed E-state index contributed by atoms with van der Waals surface area (Å²) in [7, 11) is -4.20. The van der Waals surface area contributed by atoms with E-state index in [9.17, 15) is 18.0 Å². The summed E-state index contributed by atoms with van der Waals surface area (Å²) >= 11 is 11.3. The van der Waals surface area contributed by atoms with Gasteiger partial charge in [0.25, 0.3) is 0 Å². The van der Waals surface area contributed by atoms with Gasteiger partial charge >= 0.3 is 0 Å². The lowest BCUT2D eigenvalue weighted by Gasteiger charge is -2.19. The first kappa shape index (κ1) is 16.6. The van der Waals surface area contributed by atoms with Crippen molar-refractivity contribution in [3.05, 3.63) is 22.4 Å². The Morgan fingerprint density at radius 1 is 1.20 bits per heavy atom. The minimum absolute atomic E-state index is 0.0815. The van der Waals surface area contributed by atoms with E-state index in [-0.39, 0.29) is 15.1 Å². The molecule has 1 aromatic heterocycles. The average molecular weight is 341 g/mol. The van der Waals surface area contributed by atoms with E-state index >= 15 is 0 Å². The molecule has 1 heterocycles. The van der Waals surface area contributed by atoms with E-state index in [1.54, 1.807) is 0 Å². The van der Waals surface area contributed by atoms with Gasteiger partial charge in [0.15, 0.2) is 0 Å². The molecular weight excluding hydrogens is 331 g/mol. The Hall–Kier alpha value is -1.42. The molecule has 4 N–H and O–H groups in total. The maximum atomic E-state index is 12.2. The fourth-order valence-electron chi connectivity index (χ4n) is 1.27. The normalized spacial score (nSPS) is 11.6. The molecule has 1 rings (SSSR count). The minimum Gasteiger partial charge on any atom is -0.369 e. The highest BCUT2D eigenvalue weighted by atomic mass is 35.5. The van der Waals surface area contributed by atoms with E-state index in [0.29, 0.717) is 4.31 Å². The summed E-state index contributed by atoms with van der Waals surface area (Å²) in [5.41, 5.74) is 9.88. The summed E-state index contributed by atoms with van der Waals surface area (Å²) in [5.74, 6) is -1.88. The van der Waals surface area contributed by atoms with Crippen molar-refractivity contribution in [2.45, 2.75) is 4.90 Å². The first-order valence-corrected chi connectivity index (χ1v) is 7.22. The minimum atomic E-state index is -4.20. The van der Waals surface area contributed by atoms with Crippen molar-refractivity contribution in [1.29, 1.82) is 0 Å². The van der Waals surface area contributed by atoms with Crippen LogP contribution in [0, 0.1) is 0 Å². The molecule has 0 atom stereocenters. The van der Waals surface area contributed by atoms with Crippen LogP contribution in [0.2, 0.25) is 10.2 Å². The number of aromatic nitrogens is 1. The number of nitrogens with two attached hydrogens (primary N) is 2. The fourth-order valence-corrected chi connectivity index (χ4v) is 2.95. The number of rotatable bonds is 6. The lowest BCUT2D eigenvalue weighted by Crippen LogP contribution is -2.43. The van der Waals surface area contributed by atoms with Gasteiger partial charge in [0.05, 0.1) is 18.1 Å². The number of halogens is 2. The van der Waals surface area contributed by atoms with Crippen LogP contribution in [0.3, 0.4) is 0 Å². The van der Waals surface area contributed by atoms with Crippen LogP contribution < -0.4 is 11.5 Å². The number of primary amides is 2. The highest BCUT2D eigenvalue weighted by Gasteiger charge is 2.28. The van der Waals surface area contributed by atoms with Gasteiger partial charge < -0.3 is 11.5 Å². The molecule has 0 spiro atoms. The molecule has 0 saturated carbocycles. The molecule has 20 heavy (non-hydrogen) atoms. The van der Waals surface area contributed by atoms with Gasteiger partial charge in [-0.1, -0.05) is 23.2 Å². The summed E-state index contributed by atoms with van der Waals surface area (Å²) in [5, 5.41) is -0.173. The third-order valence-electron chi connectivity index (χ3n) is 2.07. The maximum absolute atomic E-state index is 12.2. The maximum Gasteiger partial charge on any atom is 0.245 e. The number of pyridine rings is 1. The van der Waals surface area contributed by atoms with Crippen molar-refractivity contribution in [3.63, 3.8) is 0 Å². The van der Waals surface area contributed by atoms with Gasteiger partial charge in [-0.05, 0) is 6.07 Å². The molecule has 0 aliphatic carbocycles. The largest absolute Gasteiger partial charge is 0.369 e. The third-order valence-corrected chi connectivity index (χ3v) is 4.52. The van der Waals surface area contributed by atoms with Crippen LogP contribution in [0.25, 0.3) is 0 Å². The van der Waals surface area contributed by atoms with E-state index in [4.69, 9.17) is 34.7 Å². The lowest BCUT2D eigenvalue weighted by molar-refractivity contribution is -0.120. The number of nitrogens with zero attached hydrogens (tertiary/aromatic N) is 2. The Morgan fingerprint density at radius 3 is 2.10 bits per heavy atom. The molecule has 1 aromatic rings. The topological polar surface area (TPSA) is 136 Å². The Bertz CT molecular complexity index is 633. The zero-order valence-corrected chi connectivity index (χ0v) is 12.2. The van der Waals surface area contributed by atoms with E-state index in [0.717, 1.165) is 12.3 Å². The number of carbonyl (C=O) groups is 2. The highest BCUT2D eigenvalue weighted by molar-refractivity contribution is 7.89. The number of amides is 2. The highest BCUT2D eigenvalue weighted by Crippen LogP contribution is 2.24. The Morgan fingerprint density at radius 2 is 1.70 bits per heavy atom. The van der Waals surface area contributed by atoms with Gasteiger partial charge in [0.1, 0.15) is 10.0 Å². The van der Waals surface area contributed by atoms with Crippen LogP contribution in [-0.4, -0.2) is 42.6 Å². The van der Waals surface area contributed by atoms with Crippen molar-refractivity contribution >= 4 is 45.0 Å². The SMILES string of the molecule is NC(=O)CN(CC(N)=O)S(=O)(=O)c1cnc(Cl)c(Cl)c1. The molecule has 0 radical (unpaired) electrons. The summed E-state index contributed by atoms with van der Waals surface area (Å²) in [4.78, 5) is 25.0. The lowest BCUT2D eigenvalue weighted by atomic mass is 10.5. The number of carbonyl (C=O) groups excluding carboxylic acids is 2. The Kier molecular flexibility index (Phi) is 5.28. The van der Waals surface area contributed by atoms with Gasteiger partial charge in [-0.2, -0.15) is 4.31 Å².